The average molecular weight is 225 g/mol. The predicted molar refractivity (Wildman–Crippen MR) is 67.4 cm³/mol. The van der Waals surface area contributed by atoms with Gasteiger partial charge in [-0.2, -0.15) is 0 Å². The summed E-state index contributed by atoms with van der Waals surface area (Å²) in [7, 11) is 0. The van der Waals surface area contributed by atoms with Crippen molar-refractivity contribution in [3.8, 4) is 0 Å². The molecule has 2 nitrogen and oxygen atoms in total. The smallest absolute Gasteiger partial charge is 0.0499 e. The molecule has 1 N–H and O–H groups in total. The molecule has 1 saturated heterocycles. The van der Waals surface area contributed by atoms with E-state index in [1.165, 1.54) is 45.1 Å². The van der Waals surface area contributed by atoms with E-state index in [2.05, 4.69) is 18.7 Å². The second-order valence-electron chi connectivity index (χ2n) is 6.34. The highest BCUT2D eigenvalue weighted by Gasteiger charge is 2.37. The lowest BCUT2D eigenvalue weighted by Gasteiger charge is -2.40. The van der Waals surface area contributed by atoms with Crippen molar-refractivity contribution in [2.24, 2.45) is 11.3 Å². The Balaban J connectivity index is 1.95. The molecule has 0 amide bonds. The zero-order valence-electron chi connectivity index (χ0n) is 10.9. The average Bonchev–Trinajstić information content (AvgIpc) is 2.59. The summed E-state index contributed by atoms with van der Waals surface area (Å²) >= 11 is 0. The Morgan fingerprint density at radius 1 is 1.19 bits per heavy atom. The molecule has 0 aromatic carbocycles. The molecule has 16 heavy (non-hydrogen) atoms. The van der Waals surface area contributed by atoms with Crippen LogP contribution in [0.2, 0.25) is 0 Å². The van der Waals surface area contributed by atoms with Crippen LogP contribution in [0.15, 0.2) is 0 Å². The first-order valence-corrected chi connectivity index (χ1v) is 7.00. The Labute approximate surface area is 100 Å². The van der Waals surface area contributed by atoms with Crippen LogP contribution in [-0.2, 0) is 0 Å². The number of likely N-dealkylation sites (tertiary alicyclic amines) is 1. The Morgan fingerprint density at radius 2 is 1.88 bits per heavy atom. The van der Waals surface area contributed by atoms with Gasteiger partial charge in [0.05, 0.1) is 0 Å². The van der Waals surface area contributed by atoms with Crippen molar-refractivity contribution in [2.75, 3.05) is 19.7 Å². The molecule has 2 aliphatic rings. The number of hydrogen-bond donors (Lipinski definition) is 1. The van der Waals surface area contributed by atoms with E-state index in [4.69, 9.17) is 0 Å². The van der Waals surface area contributed by atoms with Gasteiger partial charge in [-0.1, -0.05) is 26.2 Å². The van der Waals surface area contributed by atoms with Gasteiger partial charge in [0.1, 0.15) is 0 Å². The lowest BCUT2D eigenvalue weighted by Crippen LogP contribution is -2.43. The van der Waals surface area contributed by atoms with E-state index in [-0.39, 0.29) is 5.41 Å². The predicted octanol–water partition coefficient (Wildman–Crippen LogP) is 2.66. The Hall–Kier alpha value is -0.0800. The lowest BCUT2D eigenvalue weighted by atomic mass is 9.74. The molecule has 1 heterocycles. The fourth-order valence-electron chi connectivity index (χ4n) is 3.71. The van der Waals surface area contributed by atoms with Gasteiger partial charge in [0.25, 0.3) is 0 Å². The molecule has 0 aromatic heterocycles. The highest BCUT2D eigenvalue weighted by molar-refractivity contribution is 4.90. The highest BCUT2D eigenvalue weighted by atomic mass is 16.3. The fourth-order valence-corrected chi connectivity index (χ4v) is 3.71. The van der Waals surface area contributed by atoms with E-state index in [9.17, 15) is 5.11 Å². The van der Waals surface area contributed by atoms with Crippen molar-refractivity contribution in [1.82, 2.24) is 4.90 Å². The summed E-state index contributed by atoms with van der Waals surface area (Å²) < 4.78 is 0. The molecular formula is C14H27NO. The molecule has 0 aromatic rings. The van der Waals surface area contributed by atoms with Crippen LogP contribution in [0.5, 0.6) is 0 Å². The lowest BCUT2D eigenvalue weighted by molar-refractivity contribution is 0.0376. The third-order valence-corrected chi connectivity index (χ3v) is 4.70. The zero-order valence-corrected chi connectivity index (χ0v) is 10.9. The Morgan fingerprint density at radius 3 is 2.38 bits per heavy atom. The molecule has 1 saturated carbocycles. The number of aliphatic hydroxyl groups excluding tert-OH is 1. The van der Waals surface area contributed by atoms with Crippen molar-refractivity contribution in [1.29, 1.82) is 0 Å². The quantitative estimate of drug-likeness (QED) is 0.798. The first-order valence-electron chi connectivity index (χ1n) is 7.00. The second kappa shape index (κ2) is 5.05. The first kappa shape index (κ1) is 12.4. The van der Waals surface area contributed by atoms with Crippen LogP contribution < -0.4 is 0 Å². The molecule has 2 unspecified atom stereocenters. The Bertz CT molecular complexity index is 223. The molecule has 1 aliphatic carbocycles. The molecule has 2 fully saturated rings. The maximum Gasteiger partial charge on any atom is 0.0499 e. The van der Waals surface area contributed by atoms with Crippen LogP contribution in [0.3, 0.4) is 0 Å². The van der Waals surface area contributed by atoms with Crippen molar-refractivity contribution in [3.63, 3.8) is 0 Å². The minimum atomic E-state index is 0.233. The summed E-state index contributed by atoms with van der Waals surface area (Å²) in [6.07, 6.45) is 7.81. The summed E-state index contributed by atoms with van der Waals surface area (Å²) in [5.41, 5.74) is 0.233. The van der Waals surface area contributed by atoms with E-state index in [0.717, 1.165) is 18.5 Å². The minimum absolute atomic E-state index is 0.233. The summed E-state index contributed by atoms with van der Waals surface area (Å²) in [5.74, 6) is 0.842. The molecule has 0 radical (unpaired) electrons. The molecule has 94 valence electrons. The van der Waals surface area contributed by atoms with E-state index < -0.39 is 0 Å². The maximum atomic E-state index is 9.73. The number of nitrogens with zero attached hydrogens (tertiary/aromatic N) is 1. The van der Waals surface area contributed by atoms with Gasteiger partial charge in [0, 0.05) is 31.2 Å². The van der Waals surface area contributed by atoms with Gasteiger partial charge in [-0.05, 0) is 32.1 Å². The van der Waals surface area contributed by atoms with E-state index in [1.54, 1.807) is 0 Å². The second-order valence-corrected chi connectivity index (χ2v) is 6.34. The van der Waals surface area contributed by atoms with Gasteiger partial charge in [-0.25, -0.2) is 0 Å². The highest BCUT2D eigenvalue weighted by Crippen LogP contribution is 2.38. The van der Waals surface area contributed by atoms with E-state index in [0.29, 0.717) is 6.61 Å². The molecule has 2 atom stereocenters. The Kier molecular flexibility index (Phi) is 3.91. The molecule has 0 bridgehead atoms. The summed E-state index contributed by atoms with van der Waals surface area (Å²) in [4.78, 5) is 2.62. The van der Waals surface area contributed by atoms with Crippen LogP contribution in [0.1, 0.15) is 52.4 Å². The van der Waals surface area contributed by atoms with Crippen molar-refractivity contribution >= 4 is 0 Å². The first-order chi connectivity index (χ1) is 7.65. The van der Waals surface area contributed by atoms with Gasteiger partial charge in [0.2, 0.25) is 0 Å². The maximum absolute atomic E-state index is 9.73. The largest absolute Gasteiger partial charge is 0.396 e. The topological polar surface area (TPSA) is 23.5 Å². The third-order valence-electron chi connectivity index (χ3n) is 4.70. The molecular weight excluding hydrogens is 198 g/mol. The number of hydrogen-bond acceptors (Lipinski definition) is 2. The van der Waals surface area contributed by atoms with Crippen molar-refractivity contribution in [3.05, 3.63) is 0 Å². The number of aliphatic hydroxyl groups is 1. The zero-order chi connectivity index (χ0) is 11.6. The van der Waals surface area contributed by atoms with Gasteiger partial charge < -0.3 is 5.11 Å². The SMILES string of the molecule is CC1CC(C)N(CC2(CO)CCCCC2)C1. The molecule has 0 spiro atoms. The van der Waals surface area contributed by atoms with Crippen molar-refractivity contribution < 1.29 is 5.11 Å². The van der Waals surface area contributed by atoms with Gasteiger partial charge in [-0.3, -0.25) is 4.90 Å². The van der Waals surface area contributed by atoms with Crippen LogP contribution >= 0.6 is 0 Å². The van der Waals surface area contributed by atoms with Gasteiger partial charge in [-0.15, -0.1) is 0 Å². The molecule has 2 rings (SSSR count). The number of rotatable bonds is 3. The summed E-state index contributed by atoms with van der Waals surface area (Å²) in [6, 6.07) is 0.723. The van der Waals surface area contributed by atoms with Gasteiger partial charge >= 0.3 is 0 Å². The van der Waals surface area contributed by atoms with E-state index >= 15 is 0 Å². The van der Waals surface area contributed by atoms with Crippen LogP contribution in [0, 0.1) is 11.3 Å². The summed E-state index contributed by atoms with van der Waals surface area (Å²) in [5, 5.41) is 9.73. The van der Waals surface area contributed by atoms with E-state index in [1.807, 2.05) is 0 Å². The summed E-state index contributed by atoms with van der Waals surface area (Å²) in [6.45, 7) is 7.46. The normalized spacial score (nSPS) is 35.4. The van der Waals surface area contributed by atoms with Crippen LogP contribution in [0.4, 0.5) is 0 Å². The minimum Gasteiger partial charge on any atom is -0.396 e. The monoisotopic (exact) mass is 225 g/mol. The van der Waals surface area contributed by atoms with Gasteiger partial charge in [0.15, 0.2) is 0 Å². The van der Waals surface area contributed by atoms with Crippen LogP contribution in [-0.4, -0.2) is 35.7 Å². The molecule has 1 aliphatic heterocycles. The van der Waals surface area contributed by atoms with Crippen molar-refractivity contribution in [2.45, 2.75) is 58.4 Å². The fraction of sp³-hybridized carbons (Fsp3) is 1.00. The van der Waals surface area contributed by atoms with Crippen LogP contribution in [0.25, 0.3) is 0 Å². The third kappa shape index (κ3) is 2.60. The standard InChI is InChI=1S/C14H27NO/c1-12-8-13(2)15(9-12)10-14(11-16)6-4-3-5-7-14/h12-13,16H,3-11H2,1-2H3. The molecule has 2 heteroatoms.